The molecule has 1 unspecified atom stereocenters. The van der Waals surface area contributed by atoms with E-state index >= 15 is 0 Å². The molecule has 0 aliphatic rings. The predicted octanol–water partition coefficient (Wildman–Crippen LogP) is 1.92. The number of carbonyl (C=O) groups excluding carboxylic acids is 1. The highest BCUT2D eigenvalue weighted by molar-refractivity contribution is 5.96. The number of carbonyl (C=O) groups is 2. The van der Waals surface area contributed by atoms with E-state index < -0.39 is 11.9 Å². The molecule has 0 bridgehead atoms. The summed E-state index contributed by atoms with van der Waals surface area (Å²) < 4.78 is 5.17. The summed E-state index contributed by atoms with van der Waals surface area (Å²) in [7, 11) is 1.57. The highest BCUT2D eigenvalue weighted by atomic mass is 16.5. The number of carboxylic acid groups (broad SMARTS) is 1. The molecule has 4 nitrogen and oxygen atoms in total. The average Bonchev–Trinajstić information content (AvgIpc) is 2.29. The molecule has 0 heterocycles. The number of para-hydroxylation sites is 1. The lowest BCUT2D eigenvalue weighted by molar-refractivity contribution is -0.145. The van der Waals surface area contributed by atoms with Crippen LogP contribution in [0.1, 0.15) is 18.9 Å². The van der Waals surface area contributed by atoms with Crippen LogP contribution in [-0.4, -0.2) is 24.0 Å². The van der Waals surface area contributed by atoms with Gasteiger partial charge < -0.3 is 9.84 Å². The molecule has 1 aromatic carbocycles. The molecule has 0 aromatic heterocycles. The van der Waals surface area contributed by atoms with Gasteiger partial charge in [0.05, 0.1) is 7.11 Å². The number of rotatable bonds is 6. The number of hydrogen-bond acceptors (Lipinski definition) is 3. The predicted molar refractivity (Wildman–Crippen MR) is 63.1 cm³/mol. The minimum Gasteiger partial charge on any atom is -0.496 e. The first-order valence-electron chi connectivity index (χ1n) is 5.41. The van der Waals surface area contributed by atoms with E-state index in [1.165, 1.54) is 6.92 Å². The van der Waals surface area contributed by atoms with Gasteiger partial charge in [0.25, 0.3) is 0 Å². The van der Waals surface area contributed by atoms with E-state index in [-0.39, 0.29) is 5.78 Å². The van der Waals surface area contributed by atoms with Crippen molar-refractivity contribution in [1.29, 1.82) is 0 Å². The maximum Gasteiger partial charge on any atom is 0.314 e. The topological polar surface area (TPSA) is 63.6 Å². The zero-order chi connectivity index (χ0) is 12.8. The zero-order valence-electron chi connectivity index (χ0n) is 9.97. The Morgan fingerprint density at radius 1 is 1.35 bits per heavy atom. The van der Waals surface area contributed by atoms with Crippen molar-refractivity contribution in [2.75, 3.05) is 7.11 Å². The van der Waals surface area contributed by atoms with Gasteiger partial charge in [-0.05, 0) is 31.4 Å². The first kappa shape index (κ1) is 13.2. The van der Waals surface area contributed by atoms with Crippen LogP contribution in [0.25, 0.3) is 0 Å². The van der Waals surface area contributed by atoms with E-state index in [2.05, 4.69) is 0 Å². The molecule has 0 radical (unpaired) electrons. The van der Waals surface area contributed by atoms with Crippen molar-refractivity contribution in [3.8, 4) is 5.75 Å². The Kier molecular flexibility index (Phi) is 4.69. The summed E-state index contributed by atoms with van der Waals surface area (Å²) >= 11 is 0. The SMILES string of the molecule is COc1ccccc1CCC(C(C)=O)C(=O)O. The summed E-state index contributed by atoms with van der Waals surface area (Å²) in [5.74, 6) is -1.58. The van der Waals surface area contributed by atoms with Gasteiger partial charge in [-0.3, -0.25) is 9.59 Å². The Labute approximate surface area is 100 Å². The van der Waals surface area contributed by atoms with E-state index in [1.807, 2.05) is 24.3 Å². The molecule has 1 aromatic rings. The Morgan fingerprint density at radius 3 is 2.53 bits per heavy atom. The second kappa shape index (κ2) is 6.03. The number of benzene rings is 1. The van der Waals surface area contributed by atoms with Crippen molar-refractivity contribution >= 4 is 11.8 Å². The summed E-state index contributed by atoms with van der Waals surface area (Å²) in [5.41, 5.74) is 0.919. The number of Topliss-reactive ketones (excluding diaryl/α,β-unsaturated/α-hetero) is 1. The van der Waals surface area contributed by atoms with Crippen LogP contribution in [0.5, 0.6) is 5.75 Å². The second-order valence-electron chi connectivity index (χ2n) is 3.85. The molecule has 92 valence electrons. The summed E-state index contributed by atoms with van der Waals surface area (Å²) in [6.45, 7) is 1.31. The quantitative estimate of drug-likeness (QED) is 0.766. The van der Waals surface area contributed by atoms with Crippen molar-refractivity contribution in [3.05, 3.63) is 29.8 Å². The zero-order valence-corrected chi connectivity index (χ0v) is 9.97. The Morgan fingerprint density at radius 2 is 2.00 bits per heavy atom. The third-order valence-corrected chi connectivity index (χ3v) is 2.68. The molecular weight excluding hydrogens is 220 g/mol. The molecule has 4 heteroatoms. The lowest BCUT2D eigenvalue weighted by Crippen LogP contribution is -2.22. The summed E-state index contributed by atoms with van der Waals surface area (Å²) in [5, 5.41) is 8.90. The number of aryl methyl sites for hydroxylation is 1. The Balaban J connectivity index is 2.72. The van der Waals surface area contributed by atoms with Crippen LogP contribution < -0.4 is 4.74 Å². The Bertz CT molecular complexity index is 398. The van der Waals surface area contributed by atoms with Crippen LogP contribution in [0.4, 0.5) is 0 Å². The standard InChI is InChI=1S/C13H16O4/c1-9(14)11(13(15)16)8-7-10-5-3-4-6-12(10)17-2/h3-6,11H,7-8H2,1-2H3,(H,15,16). The van der Waals surface area contributed by atoms with Crippen molar-refractivity contribution in [2.45, 2.75) is 19.8 Å². The lowest BCUT2D eigenvalue weighted by Gasteiger charge is -2.11. The first-order valence-corrected chi connectivity index (χ1v) is 5.41. The van der Waals surface area contributed by atoms with E-state index in [4.69, 9.17) is 9.84 Å². The van der Waals surface area contributed by atoms with E-state index in [0.29, 0.717) is 12.8 Å². The number of ether oxygens (including phenoxy) is 1. The van der Waals surface area contributed by atoms with E-state index in [9.17, 15) is 9.59 Å². The maximum absolute atomic E-state index is 11.1. The van der Waals surface area contributed by atoms with Crippen LogP contribution >= 0.6 is 0 Å². The van der Waals surface area contributed by atoms with Gasteiger partial charge in [-0.25, -0.2) is 0 Å². The molecule has 0 amide bonds. The van der Waals surface area contributed by atoms with Crippen LogP contribution in [0.15, 0.2) is 24.3 Å². The van der Waals surface area contributed by atoms with Gasteiger partial charge in [0.15, 0.2) is 0 Å². The number of methoxy groups -OCH3 is 1. The smallest absolute Gasteiger partial charge is 0.314 e. The van der Waals surface area contributed by atoms with Crippen molar-refractivity contribution in [3.63, 3.8) is 0 Å². The number of carboxylic acids is 1. The van der Waals surface area contributed by atoms with Crippen molar-refractivity contribution in [2.24, 2.45) is 5.92 Å². The molecule has 0 aliphatic carbocycles. The molecule has 0 spiro atoms. The van der Waals surface area contributed by atoms with Gasteiger partial charge in [0, 0.05) is 0 Å². The molecule has 0 saturated carbocycles. The van der Waals surface area contributed by atoms with Crippen LogP contribution in [0.2, 0.25) is 0 Å². The number of aliphatic carboxylic acids is 1. The van der Waals surface area contributed by atoms with Crippen molar-refractivity contribution in [1.82, 2.24) is 0 Å². The van der Waals surface area contributed by atoms with E-state index in [1.54, 1.807) is 7.11 Å². The van der Waals surface area contributed by atoms with Crippen molar-refractivity contribution < 1.29 is 19.4 Å². The summed E-state index contributed by atoms with van der Waals surface area (Å²) in [6.07, 6.45) is 0.811. The van der Waals surface area contributed by atoms with Gasteiger partial charge in [-0.1, -0.05) is 18.2 Å². The fraction of sp³-hybridized carbons (Fsp3) is 0.385. The number of ketones is 1. The summed E-state index contributed by atoms with van der Waals surface area (Å²) in [4.78, 5) is 22.0. The van der Waals surface area contributed by atoms with Crippen LogP contribution in [0, 0.1) is 5.92 Å². The lowest BCUT2D eigenvalue weighted by atomic mass is 9.96. The average molecular weight is 236 g/mol. The molecule has 0 fully saturated rings. The molecule has 0 aliphatic heterocycles. The third kappa shape index (κ3) is 3.59. The van der Waals surface area contributed by atoms with Gasteiger partial charge in [-0.15, -0.1) is 0 Å². The molecule has 1 rings (SSSR count). The van der Waals surface area contributed by atoms with Gasteiger partial charge in [0.1, 0.15) is 17.5 Å². The third-order valence-electron chi connectivity index (χ3n) is 2.68. The Hall–Kier alpha value is -1.84. The first-order chi connectivity index (χ1) is 8.06. The van der Waals surface area contributed by atoms with Gasteiger partial charge in [0.2, 0.25) is 0 Å². The van der Waals surface area contributed by atoms with Crippen LogP contribution in [-0.2, 0) is 16.0 Å². The minimum absolute atomic E-state index is 0.297. The number of hydrogen-bond donors (Lipinski definition) is 1. The highest BCUT2D eigenvalue weighted by Crippen LogP contribution is 2.21. The molecule has 1 N–H and O–H groups in total. The fourth-order valence-corrected chi connectivity index (χ4v) is 1.71. The maximum atomic E-state index is 11.1. The minimum atomic E-state index is -1.06. The fourth-order valence-electron chi connectivity index (χ4n) is 1.71. The molecule has 0 saturated heterocycles. The van der Waals surface area contributed by atoms with Crippen LogP contribution in [0.3, 0.4) is 0 Å². The monoisotopic (exact) mass is 236 g/mol. The molecule has 1 atom stereocenters. The largest absolute Gasteiger partial charge is 0.496 e. The second-order valence-corrected chi connectivity index (χ2v) is 3.85. The highest BCUT2D eigenvalue weighted by Gasteiger charge is 2.22. The molecule has 17 heavy (non-hydrogen) atoms. The van der Waals surface area contributed by atoms with E-state index in [0.717, 1.165) is 11.3 Å². The summed E-state index contributed by atoms with van der Waals surface area (Å²) in [6, 6.07) is 7.40. The normalized spacial score (nSPS) is 11.9. The molecular formula is C13H16O4. The van der Waals surface area contributed by atoms with Gasteiger partial charge >= 0.3 is 5.97 Å². The van der Waals surface area contributed by atoms with Gasteiger partial charge in [-0.2, -0.15) is 0 Å².